The van der Waals surface area contributed by atoms with Crippen LogP contribution in [0.15, 0.2) is 36.5 Å². The number of allylic oxidation sites excluding steroid dienone is 6. The molecule has 0 aromatic carbocycles. The molecular formula is C58H106O6. The molecule has 0 aromatic rings. The van der Waals surface area contributed by atoms with Gasteiger partial charge < -0.3 is 14.2 Å². The van der Waals surface area contributed by atoms with E-state index >= 15 is 0 Å². The minimum atomic E-state index is -0.773. The third-order valence-corrected chi connectivity index (χ3v) is 12.4. The second kappa shape index (κ2) is 53.2. The number of ether oxygens (including phenoxy) is 3. The largest absolute Gasteiger partial charge is 0.462 e. The van der Waals surface area contributed by atoms with Crippen LogP contribution in [0.25, 0.3) is 0 Å². The first kappa shape index (κ1) is 61.6. The highest BCUT2D eigenvalue weighted by Gasteiger charge is 2.19. The smallest absolute Gasteiger partial charge is 0.306 e. The van der Waals surface area contributed by atoms with Crippen LogP contribution < -0.4 is 0 Å². The van der Waals surface area contributed by atoms with Gasteiger partial charge in [-0.15, -0.1) is 0 Å². The molecule has 0 aliphatic heterocycles. The molecule has 0 aliphatic rings. The minimum Gasteiger partial charge on any atom is -0.462 e. The summed E-state index contributed by atoms with van der Waals surface area (Å²) in [4.78, 5) is 38.0. The van der Waals surface area contributed by atoms with Crippen LogP contribution in [0.4, 0.5) is 0 Å². The Balaban J connectivity index is 4.28. The van der Waals surface area contributed by atoms with Gasteiger partial charge in [0.05, 0.1) is 0 Å². The molecule has 0 rings (SSSR count). The van der Waals surface area contributed by atoms with Crippen molar-refractivity contribution in [3.63, 3.8) is 0 Å². The van der Waals surface area contributed by atoms with Crippen LogP contribution in [0, 0.1) is 0 Å². The molecule has 0 spiro atoms. The monoisotopic (exact) mass is 899 g/mol. The van der Waals surface area contributed by atoms with Crippen LogP contribution in [0.1, 0.15) is 297 Å². The zero-order valence-electron chi connectivity index (χ0n) is 42.8. The van der Waals surface area contributed by atoms with Gasteiger partial charge in [0.25, 0.3) is 0 Å². The Morgan fingerprint density at radius 2 is 0.562 bits per heavy atom. The zero-order chi connectivity index (χ0) is 46.5. The summed E-state index contributed by atoms with van der Waals surface area (Å²) in [5.41, 5.74) is 0. The van der Waals surface area contributed by atoms with Crippen molar-refractivity contribution in [1.29, 1.82) is 0 Å². The highest BCUT2D eigenvalue weighted by molar-refractivity contribution is 5.71. The number of carbonyl (C=O) groups excluding carboxylic acids is 3. The molecule has 0 radical (unpaired) electrons. The van der Waals surface area contributed by atoms with E-state index in [2.05, 4.69) is 57.2 Å². The van der Waals surface area contributed by atoms with E-state index in [1.54, 1.807) is 0 Å². The summed E-state index contributed by atoms with van der Waals surface area (Å²) in [6.45, 7) is 6.62. The molecule has 6 nitrogen and oxygen atoms in total. The summed E-state index contributed by atoms with van der Waals surface area (Å²) in [6.07, 6.45) is 62.8. The van der Waals surface area contributed by atoms with Crippen molar-refractivity contribution in [3.05, 3.63) is 36.5 Å². The molecule has 0 amide bonds. The van der Waals surface area contributed by atoms with Gasteiger partial charge in [-0.3, -0.25) is 14.4 Å². The van der Waals surface area contributed by atoms with E-state index in [1.165, 1.54) is 186 Å². The van der Waals surface area contributed by atoms with Gasteiger partial charge in [-0.2, -0.15) is 0 Å². The molecule has 374 valence electrons. The fraction of sp³-hybridized carbons (Fsp3) is 0.845. The topological polar surface area (TPSA) is 78.9 Å². The van der Waals surface area contributed by atoms with Crippen molar-refractivity contribution in [2.45, 2.75) is 303 Å². The van der Waals surface area contributed by atoms with Crippen LogP contribution >= 0.6 is 0 Å². The summed E-state index contributed by atoms with van der Waals surface area (Å²) in [6, 6.07) is 0. The van der Waals surface area contributed by atoms with E-state index in [0.717, 1.165) is 70.6 Å². The second-order valence-electron chi connectivity index (χ2n) is 18.8. The SMILES string of the molecule is CCCCCC/C=C\C/C=C\CCCCCCCCCC(=O)OC(COC(=O)CCCCCCCCCCC)COC(=O)CCCCCCCCCCC/C=C\CCCCCCCC. The number of hydrogen-bond donors (Lipinski definition) is 0. The predicted octanol–water partition coefficient (Wildman–Crippen LogP) is 18.5. The van der Waals surface area contributed by atoms with Crippen molar-refractivity contribution in [1.82, 2.24) is 0 Å². The highest BCUT2D eigenvalue weighted by atomic mass is 16.6. The van der Waals surface area contributed by atoms with Crippen LogP contribution in [0.5, 0.6) is 0 Å². The lowest BCUT2D eigenvalue weighted by Crippen LogP contribution is -2.30. The average molecular weight is 899 g/mol. The van der Waals surface area contributed by atoms with E-state index in [9.17, 15) is 14.4 Å². The molecule has 0 heterocycles. The molecule has 1 unspecified atom stereocenters. The molecule has 6 heteroatoms. The summed E-state index contributed by atoms with van der Waals surface area (Å²) in [7, 11) is 0. The molecule has 0 saturated heterocycles. The van der Waals surface area contributed by atoms with E-state index in [0.29, 0.717) is 19.3 Å². The van der Waals surface area contributed by atoms with E-state index in [4.69, 9.17) is 14.2 Å². The van der Waals surface area contributed by atoms with Crippen molar-refractivity contribution in [2.75, 3.05) is 13.2 Å². The molecule has 64 heavy (non-hydrogen) atoms. The maximum atomic E-state index is 12.8. The third-order valence-electron chi connectivity index (χ3n) is 12.4. The van der Waals surface area contributed by atoms with Crippen molar-refractivity contribution in [3.8, 4) is 0 Å². The molecule has 0 aliphatic carbocycles. The van der Waals surface area contributed by atoms with Gasteiger partial charge in [-0.25, -0.2) is 0 Å². The Morgan fingerprint density at radius 1 is 0.312 bits per heavy atom. The fourth-order valence-electron chi connectivity index (χ4n) is 8.12. The van der Waals surface area contributed by atoms with E-state index in [1.807, 2.05) is 0 Å². The summed E-state index contributed by atoms with van der Waals surface area (Å²) in [5.74, 6) is -0.872. The number of esters is 3. The molecule has 0 aromatic heterocycles. The molecule has 0 N–H and O–H groups in total. The Hall–Kier alpha value is -2.37. The second-order valence-corrected chi connectivity index (χ2v) is 18.8. The normalized spacial score (nSPS) is 12.2. The molecule has 0 saturated carbocycles. The number of unbranched alkanes of at least 4 members (excludes halogenated alkanes) is 34. The summed E-state index contributed by atoms with van der Waals surface area (Å²) >= 11 is 0. The Bertz CT molecular complexity index is 1080. The Morgan fingerprint density at radius 3 is 0.891 bits per heavy atom. The first-order valence-electron chi connectivity index (χ1n) is 28.0. The zero-order valence-corrected chi connectivity index (χ0v) is 42.8. The standard InChI is InChI=1S/C58H106O6/c1-4-7-10-13-16-19-21-23-25-27-29-31-32-34-36-39-42-45-48-51-57(60)63-54-55(53-62-56(59)50-47-44-41-38-18-15-12-9-6-3)64-58(61)52-49-46-43-40-37-35-33-30-28-26-24-22-20-17-14-11-8-5-2/h20,22-23,25-26,28,55H,4-19,21,24,27,29-54H2,1-3H3/b22-20-,25-23-,28-26-. The van der Waals surface area contributed by atoms with Crippen LogP contribution in [-0.4, -0.2) is 37.2 Å². The number of hydrogen-bond acceptors (Lipinski definition) is 6. The van der Waals surface area contributed by atoms with Crippen molar-refractivity contribution in [2.24, 2.45) is 0 Å². The summed E-state index contributed by atoms with van der Waals surface area (Å²) in [5, 5.41) is 0. The van der Waals surface area contributed by atoms with Gasteiger partial charge in [0, 0.05) is 19.3 Å². The molecular weight excluding hydrogens is 793 g/mol. The molecule has 1 atom stereocenters. The summed E-state index contributed by atoms with van der Waals surface area (Å²) < 4.78 is 16.8. The van der Waals surface area contributed by atoms with Crippen molar-refractivity contribution < 1.29 is 28.6 Å². The van der Waals surface area contributed by atoms with Crippen LogP contribution in [0.2, 0.25) is 0 Å². The van der Waals surface area contributed by atoms with Gasteiger partial charge in [-0.1, -0.05) is 237 Å². The lowest BCUT2D eigenvalue weighted by molar-refractivity contribution is -0.167. The molecule has 0 fully saturated rings. The maximum Gasteiger partial charge on any atom is 0.306 e. The van der Waals surface area contributed by atoms with Crippen LogP contribution in [0.3, 0.4) is 0 Å². The minimum absolute atomic E-state index is 0.0732. The fourth-order valence-corrected chi connectivity index (χ4v) is 8.12. The highest BCUT2D eigenvalue weighted by Crippen LogP contribution is 2.16. The van der Waals surface area contributed by atoms with Gasteiger partial charge in [-0.05, 0) is 77.0 Å². The lowest BCUT2D eigenvalue weighted by atomic mass is 10.1. The van der Waals surface area contributed by atoms with Gasteiger partial charge in [0.15, 0.2) is 6.10 Å². The predicted molar refractivity (Wildman–Crippen MR) is 275 cm³/mol. The van der Waals surface area contributed by atoms with Gasteiger partial charge in [0.1, 0.15) is 13.2 Å². The third kappa shape index (κ3) is 50.6. The maximum absolute atomic E-state index is 12.8. The quantitative estimate of drug-likeness (QED) is 0.0262. The number of carbonyl (C=O) groups is 3. The Kier molecular flexibility index (Phi) is 51.3. The van der Waals surface area contributed by atoms with E-state index < -0.39 is 6.10 Å². The Labute approximate surface area is 397 Å². The first-order chi connectivity index (χ1) is 31.5. The first-order valence-corrected chi connectivity index (χ1v) is 28.0. The van der Waals surface area contributed by atoms with Gasteiger partial charge >= 0.3 is 17.9 Å². The number of rotatable bonds is 51. The van der Waals surface area contributed by atoms with Crippen LogP contribution in [-0.2, 0) is 28.6 Å². The molecule has 0 bridgehead atoms. The van der Waals surface area contributed by atoms with E-state index in [-0.39, 0.29) is 31.1 Å². The lowest BCUT2D eigenvalue weighted by Gasteiger charge is -2.18. The van der Waals surface area contributed by atoms with Crippen molar-refractivity contribution >= 4 is 17.9 Å². The van der Waals surface area contributed by atoms with Gasteiger partial charge in [0.2, 0.25) is 0 Å². The average Bonchev–Trinajstić information content (AvgIpc) is 3.29.